The fraction of sp³-hybridized carbons (Fsp3) is 0.455. The van der Waals surface area contributed by atoms with Crippen LogP contribution in [0.4, 0.5) is 0 Å². The lowest BCUT2D eigenvalue weighted by Crippen LogP contribution is -2.52. The first-order chi connectivity index (χ1) is 13.9. The van der Waals surface area contributed by atoms with Crippen LogP contribution in [0.1, 0.15) is 61.4 Å². The minimum absolute atomic E-state index is 0.0112. The summed E-state index contributed by atoms with van der Waals surface area (Å²) in [6.07, 6.45) is 6.18. The molecule has 1 aromatic heterocycles. The van der Waals surface area contributed by atoms with E-state index in [1.54, 1.807) is 41.0 Å². The highest BCUT2D eigenvalue weighted by Crippen LogP contribution is 2.40. The minimum atomic E-state index is -3.53. The fourth-order valence-corrected chi connectivity index (χ4v) is 6.45. The third kappa shape index (κ3) is 3.94. The zero-order valence-corrected chi connectivity index (χ0v) is 17.6. The van der Waals surface area contributed by atoms with Gasteiger partial charge in [-0.15, -0.1) is 0 Å². The van der Waals surface area contributed by atoms with E-state index < -0.39 is 10.0 Å². The van der Waals surface area contributed by atoms with Gasteiger partial charge in [0.2, 0.25) is 10.0 Å². The van der Waals surface area contributed by atoms with Gasteiger partial charge in [0.1, 0.15) is 0 Å². The molecule has 0 aliphatic carbocycles. The van der Waals surface area contributed by atoms with Crippen LogP contribution in [-0.4, -0.2) is 41.7 Å². The van der Waals surface area contributed by atoms with Crippen molar-refractivity contribution in [2.45, 2.75) is 68.5 Å². The smallest absolute Gasteiger partial charge is 0.251 e. The average molecular weight is 414 g/mol. The molecule has 1 aromatic carbocycles. The quantitative estimate of drug-likeness (QED) is 0.816. The maximum absolute atomic E-state index is 13.3. The van der Waals surface area contributed by atoms with Gasteiger partial charge in [-0.3, -0.25) is 9.78 Å². The molecule has 154 valence electrons. The van der Waals surface area contributed by atoms with Crippen LogP contribution in [0.25, 0.3) is 0 Å². The van der Waals surface area contributed by atoms with Gasteiger partial charge < -0.3 is 5.32 Å². The van der Waals surface area contributed by atoms with E-state index in [0.29, 0.717) is 29.2 Å². The molecule has 3 atom stereocenters. The molecular weight excluding hydrogens is 386 g/mol. The van der Waals surface area contributed by atoms with Gasteiger partial charge in [-0.2, -0.15) is 4.31 Å². The summed E-state index contributed by atoms with van der Waals surface area (Å²) in [5, 5.41) is 3.08. The number of carbonyl (C=O) groups is 1. The second kappa shape index (κ2) is 7.88. The maximum atomic E-state index is 13.3. The lowest BCUT2D eigenvalue weighted by Gasteiger charge is -2.38. The highest BCUT2D eigenvalue weighted by atomic mass is 32.2. The van der Waals surface area contributed by atoms with Crippen LogP contribution in [0.5, 0.6) is 0 Å². The molecule has 2 aromatic rings. The number of hydrogen-bond acceptors (Lipinski definition) is 4. The van der Waals surface area contributed by atoms with Crippen molar-refractivity contribution in [3.63, 3.8) is 0 Å². The van der Waals surface area contributed by atoms with E-state index in [-0.39, 0.29) is 24.0 Å². The van der Waals surface area contributed by atoms with Gasteiger partial charge in [-0.1, -0.05) is 26.0 Å². The molecule has 4 rings (SSSR count). The second-order valence-electron chi connectivity index (χ2n) is 8.32. The SMILES string of the molecule is CC(C)c1ccc(S(=O)(=O)N2[C@@H]3CC[C@H]2CC(NC(=O)c2ccncc2)C3)cc1. The van der Waals surface area contributed by atoms with Crippen molar-refractivity contribution in [1.82, 2.24) is 14.6 Å². The molecule has 2 saturated heterocycles. The Labute approximate surface area is 172 Å². The van der Waals surface area contributed by atoms with Gasteiger partial charge in [0.05, 0.1) is 4.90 Å². The van der Waals surface area contributed by atoms with Crippen molar-refractivity contribution in [3.8, 4) is 0 Å². The summed E-state index contributed by atoms with van der Waals surface area (Å²) in [7, 11) is -3.53. The van der Waals surface area contributed by atoms with E-state index in [0.717, 1.165) is 18.4 Å². The molecule has 3 heterocycles. The minimum Gasteiger partial charge on any atom is -0.349 e. The molecule has 0 radical (unpaired) electrons. The van der Waals surface area contributed by atoms with Crippen LogP contribution in [0, 0.1) is 0 Å². The molecule has 0 saturated carbocycles. The number of pyridine rings is 1. The number of carbonyl (C=O) groups excluding carboxylic acids is 1. The summed E-state index contributed by atoms with van der Waals surface area (Å²) >= 11 is 0. The summed E-state index contributed by atoms with van der Waals surface area (Å²) in [5.74, 6) is 0.236. The van der Waals surface area contributed by atoms with Gasteiger partial charge in [-0.05, 0) is 61.4 Å². The lowest BCUT2D eigenvalue weighted by atomic mass is 9.99. The van der Waals surface area contributed by atoms with E-state index in [2.05, 4.69) is 24.1 Å². The van der Waals surface area contributed by atoms with Crippen LogP contribution in [0.2, 0.25) is 0 Å². The van der Waals surface area contributed by atoms with Crippen molar-refractivity contribution in [3.05, 3.63) is 59.9 Å². The van der Waals surface area contributed by atoms with Gasteiger partial charge in [0.15, 0.2) is 0 Å². The van der Waals surface area contributed by atoms with Crippen LogP contribution < -0.4 is 5.32 Å². The number of aromatic nitrogens is 1. The largest absolute Gasteiger partial charge is 0.349 e. The van der Waals surface area contributed by atoms with Crippen LogP contribution in [0.3, 0.4) is 0 Å². The molecule has 29 heavy (non-hydrogen) atoms. The van der Waals surface area contributed by atoms with Gasteiger partial charge in [-0.25, -0.2) is 8.42 Å². The van der Waals surface area contributed by atoms with E-state index in [1.807, 2.05) is 12.1 Å². The molecule has 1 amide bonds. The van der Waals surface area contributed by atoms with Crippen molar-refractivity contribution in [2.24, 2.45) is 0 Å². The van der Waals surface area contributed by atoms with E-state index >= 15 is 0 Å². The Balaban J connectivity index is 1.48. The Bertz CT molecular complexity index is 960. The molecule has 7 heteroatoms. The Kier molecular flexibility index (Phi) is 5.44. The first kappa shape index (κ1) is 20.0. The number of piperidine rings is 1. The molecular formula is C22H27N3O3S. The molecule has 2 aliphatic rings. The fourth-order valence-electron chi connectivity index (χ4n) is 4.56. The highest BCUT2D eigenvalue weighted by molar-refractivity contribution is 7.89. The molecule has 1 N–H and O–H groups in total. The number of nitrogens with zero attached hydrogens (tertiary/aromatic N) is 2. The predicted molar refractivity (Wildman–Crippen MR) is 111 cm³/mol. The first-order valence-electron chi connectivity index (χ1n) is 10.2. The standard InChI is InChI=1S/C22H27N3O3S/c1-15(2)16-3-7-21(8-4-16)29(27,28)25-19-5-6-20(25)14-18(13-19)24-22(26)17-9-11-23-12-10-17/h3-4,7-12,15,18-20H,5-6,13-14H2,1-2H3,(H,24,26)/t18?,19-,20+. The monoisotopic (exact) mass is 413 g/mol. The summed E-state index contributed by atoms with van der Waals surface area (Å²) in [6, 6.07) is 10.5. The van der Waals surface area contributed by atoms with Crippen LogP contribution in [0.15, 0.2) is 53.7 Å². The zero-order chi connectivity index (χ0) is 20.6. The average Bonchev–Trinajstić information content (AvgIpc) is 3.01. The Hall–Kier alpha value is -2.25. The summed E-state index contributed by atoms with van der Waals surface area (Å²) in [6.45, 7) is 4.18. The maximum Gasteiger partial charge on any atom is 0.251 e. The normalized spacial score (nSPS) is 24.6. The Morgan fingerprint density at radius 2 is 1.62 bits per heavy atom. The number of rotatable bonds is 5. The van der Waals surface area contributed by atoms with Crippen LogP contribution in [-0.2, 0) is 10.0 Å². The number of hydrogen-bond donors (Lipinski definition) is 1. The molecule has 0 spiro atoms. The van der Waals surface area contributed by atoms with Crippen molar-refractivity contribution < 1.29 is 13.2 Å². The summed E-state index contributed by atoms with van der Waals surface area (Å²) in [5.41, 5.74) is 1.71. The van der Waals surface area contributed by atoms with E-state index in [4.69, 9.17) is 0 Å². The van der Waals surface area contributed by atoms with Crippen LogP contribution >= 0.6 is 0 Å². The third-order valence-electron chi connectivity index (χ3n) is 6.07. The van der Waals surface area contributed by atoms with Crippen molar-refractivity contribution in [1.29, 1.82) is 0 Å². The lowest BCUT2D eigenvalue weighted by molar-refractivity contribution is 0.0909. The second-order valence-corrected chi connectivity index (χ2v) is 10.2. The topological polar surface area (TPSA) is 79.4 Å². The summed E-state index contributed by atoms with van der Waals surface area (Å²) < 4.78 is 28.3. The highest BCUT2D eigenvalue weighted by Gasteiger charge is 2.47. The molecule has 2 fully saturated rings. The van der Waals surface area contributed by atoms with Gasteiger partial charge >= 0.3 is 0 Å². The zero-order valence-electron chi connectivity index (χ0n) is 16.8. The number of sulfonamides is 1. The van der Waals surface area contributed by atoms with E-state index in [1.165, 1.54) is 0 Å². The van der Waals surface area contributed by atoms with Crippen molar-refractivity contribution >= 4 is 15.9 Å². The Morgan fingerprint density at radius 3 is 2.17 bits per heavy atom. The van der Waals surface area contributed by atoms with E-state index in [9.17, 15) is 13.2 Å². The van der Waals surface area contributed by atoms with Gasteiger partial charge in [0.25, 0.3) is 5.91 Å². The number of amides is 1. The molecule has 6 nitrogen and oxygen atoms in total. The number of fused-ring (bicyclic) bond motifs is 2. The molecule has 2 aliphatic heterocycles. The van der Waals surface area contributed by atoms with Gasteiger partial charge in [0, 0.05) is 36.1 Å². The Morgan fingerprint density at radius 1 is 1.03 bits per heavy atom. The van der Waals surface area contributed by atoms with Crippen molar-refractivity contribution in [2.75, 3.05) is 0 Å². The summed E-state index contributed by atoms with van der Waals surface area (Å²) in [4.78, 5) is 16.8. The number of nitrogens with one attached hydrogen (secondary N) is 1. The first-order valence-corrected chi connectivity index (χ1v) is 11.6. The molecule has 2 bridgehead atoms. The predicted octanol–water partition coefficient (Wildman–Crippen LogP) is 3.32. The third-order valence-corrected chi connectivity index (χ3v) is 8.09. The molecule has 1 unspecified atom stereocenters. The number of benzene rings is 1.